The van der Waals surface area contributed by atoms with Crippen LogP contribution in [-0.2, 0) is 0 Å². The second-order valence-corrected chi connectivity index (χ2v) is 6.82. The van der Waals surface area contributed by atoms with E-state index in [1.165, 1.54) is 11.3 Å². The van der Waals surface area contributed by atoms with Crippen molar-refractivity contribution < 1.29 is 0 Å². The van der Waals surface area contributed by atoms with Crippen molar-refractivity contribution in [3.05, 3.63) is 87.1 Å². The highest BCUT2D eigenvalue weighted by molar-refractivity contribution is 7.10. The predicted octanol–water partition coefficient (Wildman–Crippen LogP) is 5.73. The molecular formula is C20H14ClN3S. The molecule has 2 unspecified atom stereocenters. The molecule has 122 valence electrons. The first-order chi connectivity index (χ1) is 12.2. The number of rotatable bonds is 5. The molecule has 3 aromatic rings. The first-order valence-electron chi connectivity index (χ1n) is 7.66. The van der Waals surface area contributed by atoms with Crippen LogP contribution < -0.4 is 5.32 Å². The van der Waals surface area contributed by atoms with Crippen LogP contribution >= 0.6 is 22.9 Å². The second-order valence-electron chi connectivity index (χ2n) is 5.43. The van der Waals surface area contributed by atoms with Crippen LogP contribution in [0.25, 0.3) is 0 Å². The SMILES string of the molecule is N#CC(Nc1ccc(C(C#N)c2ccccc2)c(Cl)c1)c1cccs1. The van der Waals surface area contributed by atoms with Gasteiger partial charge in [0.1, 0.15) is 6.04 Å². The molecule has 3 nitrogen and oxygen atoms in total. The fourth-order valence-corrected chi connectivity index (χ4v) is 3.62. The lowest BCUT2D eigenvalue weighted by atomic mass is 9.92. The third kappa shape index (κ3) is 3.83. The molecular weight excluding hydrogens is 350 g/mol. The summed E-state index contributed by atoms with van der Waals surface area (Å²) in [5, 5.41) is 24.6. The Bertz CT molecular complexity index is 924. The summed E-state index contributed by atoms with van der Waals surface area (Å²) in [6.07, 6.45) is 0. The number of benzene rings is 2. The number of nitrogens with one attached hydrogen (secondary N) is 1. The van der Waals surface area contributed by atoms with E-state index in [4.69, 9.17) is 11.6 Å². The highest BCUT2D eigenvalue weighted by Crippen LogP contribution is 2.33. The van der Waals surface area contributed by atoms with Gasteiger partial charge in [-0.2, -0.15) is 10.5 Å². The van der Waals surface area contributed by atoms with Crippen LogP contribution in [0.1, 0.15) is 28.0 Å². The lowest BCUT2D eigenvalue weighted by molar-refractivity contribution is 1.02. The van der Waals surface area contributed by atoms with Crippen molar-refractivity contribution in [1.82, 2.24) is 0 Å². The fourth-order valence-electron chi connectivity index (χ4n) is 2.61. The Morgan fingerprint density at radius 1 is 0.960 bits per heavy atom. The molecule has 0 radical (unpaired) electrons. The Hall–Kier alpha value is -2.79. The van der Waals surface area contributed by atoms with E-state index in [2.05, 4.69) is 17.5 Å². The van der Waals surface area contributed by atoms with Gasteiger partial charge < -0.3 is 5.32 Å². The molecule has 0 spiro atoms. The van der Waals surface area contributed by atoms with Crippen LogP contribution in [0.4, 0.5) is 5.69 Å². The summed E-state index contributed by atoms with van der Waals surface area (Å²) < 4.78 is 0. The van der Waals surface area contributed by atoms with Crippen LogP contribution in [0.15, 0.2) is 66.0 Å². The van der Waals surface area contributed by atoms with Gasteiger partial charge in [0.2, 0.25) is 0 Å². The molecule has 0 aliphatic rings. The zero-order chi connectivity index (χ0) is 17.6. The van der Waals surface area contributed by atoms with E-state index < -0.39 is 12.0 Å². The van der Waals surface area contributed by atoms with Gasteiger partial charge in [-0.3, -0.25) is 0 Å². The van der Waals surface area contributed by atoms with Crippen molar-refractivity contribution in [3.63, 3.8) is 0 Å². The van der Waals surface area contributed by atoms with E-state index in [0.717, 1.165) is 21.7 Å². The maximum absolute atomic E-state index is 9.57. The maximum Gasteiger partial charge on any atom is 0.149 e. The fraction of sp³-hybridized carbons (Fsp3) is 0.100. The van der Waals surface area contributed by atoms with E-state index in [1.807, 2.05) is 60.0 Å². The molecule has 0 aliphatic heterocycles. The Balaban J connectivity index is 1.86. The molecule has 0 amide bonds. The van der Waals surface area contributed by atoms with Gasteiger partial charge in [-0.25, -0.2) is 0 Å². The van der Waals surface area contributed by atoms with E-state index in [-0.39, 0.29) is 0 Å². The van der Waals surface area contributed by atoms with Crippen LogP contribution in [0, 0.1) is 22.7 Å². The number of thiophene rings is 1. The minimum Gasteiger partial charge on any atom is -0.365 e. The zero-order valence-electron chi connectivity index (χ0n) is 13.2. The predicted molar refractivity (Wildman–Crippen MR) is 102 cm³/mol. The molecule has 0 fully saturated rings. The van der Waals surface area contributed by atoms with E-state index in [0.29, 0.717) is 5.02 Å². The van der Waals surface area contributed by atoms with Gasteiger partial charge in [-0.15, -0.1) is 11.3 Å². The highest BCUT2D eigenvalue weighted by atomic mass is 35.5. The van der Waals surface area contributed by atoms with Crippen molar-refractivity contribution >= 4 is 28.6 Å². The van der Waals surface area contributed by atoms with Gasteiger partial charge in [0, 0.05) is 15.6 Å². The summed E-state index contributed by atoms with van der Waals surface area (Å²) in [7, 11) is 0. The standard InChI is InChI=1S/C20H14ClN3S/c21-18-11-15(24-19(13-23)20-7-4-10-25-20)8-9-16(18)17(12-22)14-5-2-1-3-6-14/h1-11,17,19,24H. The smallest absolute Gasteiger partial charge is 0.149 e. The van der Waals surface area contributed by atoms with Crippen LogP contribution in [0.3, 0.4) is 0 Å². The van der Waals surface area contributed by atoms with Crippen molar-refractivity contribution in [1.29, 1.82) is 10.5 Å². The Morgan fingerprint density at radius 3 is 2.36 bits per heavy atom. The minimum absolute atomic E-state index is 0.424. The summed E-state index contributed by atoms with van der Waals surface area (Å²) in [4.78, 5) is 0.946. The summed E-state index contributed by atoms with van der Waals surface area (Å²) in [6.45, 7) is 0. The van der Waals surface area contributed by atoms with E-state index >= 15 is 0 Å². The molecule has 2 aromatic carbocycles. The van der Waals surface area contributed by atoms with Crippen molar-refractivity contribution in [2.24, 2.45) is 0 Å². The Labute approximate surface area is 155 Å². The monoisotopic (exact) mass is 363 g/mol. The largest absolute Gasteiger partial charge is 0.365 e. The van der Waals surface area contributed by atoms with Crippen molar-refractivity contribution in [3.8, 4) is 12.1 Å². The molecule has 0 saturated carbocycles. The number of hydrogen-bond acceptors (Lipinski definition) is 4. The van der Waals surface area contributed by atoms with Gasteiger partial charge >= 0.3 is 0 Å². The van der Waals surface area contributed by atoms with Gasteiger partial charge in [0.25, 0.3) is 0 Å². The van der Waals surface area contributed by atoms with Gasteiger partial charge in [-0.05, 0) is 34.7 Å². The van der Waals surface area contributed by atoms with E-state index in [9.17, 15) is 10.5 Å². The third-order valence-corrected chi connectivity index (χ3v) is 5.11. The topological polar surface area (TPSA) is 59.6 Å². The lowest BCUT2D eigenvalue weighted by Gasteiger charge is -2.15. The number of hydrogen-bond donors (Lipinski definition) is 1. The maximum atomic E-state index is 9.57. The van der Waals surface area contributed by atoms with Gasteiger partial charge in [0.05, 0.1) is 18.1 Å². The quantitative estimate of drug-likeness (QED) is 0.629. The molecule has 0 aliphatic carbocycles. The van der Waals surface area contributed by atoms with Crippen molar-refractivity contribution in [2.75, 3.05) is 5.32 Å². The van der Waals surface area contributed by atoms with Crippen LogP contribution in [0.5, 0.6) is 0 Å². The summed E-state index contributed by atoms with van der Waals surface area (Å²) in [6, 6.07) is 23.0. The summed E-state index contributed by atoms with van der Waals surface area (Å²) in [5.74, 6) is -0.424. The second kappa shape index (κ2) is 7.85. The summed E-state index contributed by atoms with van der Waals surface area (Å²) in [5.41, 5.74) is 2.41. The van der Waals surface area contributed by atoms with Crippen LogP contribution in [-0.4, -0.2) is 0 Å². The zero-order valence-corrected chi connectivity index (χ0v) is 14.8. The number of halogens is 1. The molecule has 1 aromatic heterocycles. The average Bonchev–Trinajstić information content (AvgIpc) is 3.17. The number of nitrogens with zero attached hydrogens (tertiary/aromatic N) is 2. The molecule has 0 saturated heterocycles. The number of nitriles is 2. The number of anilines is 1. The molecule has 25 heavy (non-hydrogen) atoms. The van der Waals surface area contributed by atoms with Gasteiger partial charge in [0.15, 0.2) is 0 Å². The molecule has 0 bridgehead atoms. The molecule has 2 atom stereocenters. The lowest BCUT2D eigenvalue weighted by Crippen LogP contribution is -2.07. The first kappa shape index (κ1) is 17.0. The Morgan fingerprint density at radius 2 is 1.76 bits per heavy atom. The normalized spacial score (nSPS) is 12.6. The molecule has 1 N–H and O–H groups in total. The molecule has 5 heteroatoms. The van der Waals surface area contributed by atoms with E-state index in [1.54, 1.807) is 6.07 Å². The van der Waals surface area contributed by atoms with Crippen molar-refractivity contribution in [2.45, 2.75) is 12.0 Å². The first-order valence-corrected chi connectivity index (χ1v) is 8.92. The third-order valence-electron chi connectivity index (χ3n) is 3.84. The van der Waals surface area contributed by atoms with Crippen LogP contribution in [0.2, 0.25) is 5.02 Å². The summed E-state index contributed by atoms with van der Waals surface area (Å²) >= 11 is 7.96. The average molecular weight is 364 g/mol. The van der Waals surface area contributed by atoms with Gasteiger partial charge in [-0.1, -0.05) is 54.1 Å². The molecule has 3 rings (SSSR count). The molecule has 1 heterocycles. The minimum atomic E-state index is -0.428. The Kier molecular flexibility index (Phi) is 5.36. The highest BCUT2D eigenvalue weighted by Gasteiger charge is 2.18.